The highest BCUT2D eigenvalue weighted by molar-refractivity contribution is 7.99. The molecule has 0 aliphatic carbocycles. The van der Waals surface area contributed by atoms with Gasteiger partial charge < -0.3 is 19.6 Å². The Balaban J connectivity index is 2.33. The first-order valence-electron chi connectivity index (χ1n) is 6.00. The molecular formula is C12H20N2O4S. The van der Waals surface area contributed by atoms with Gasteiger partial charge in [-0.2, -0.15) is 0 Å². The van der Waals surface area contributed by atoms with Crippen LogP contribution in [0.15, 0.2) is 16.0 Å². The van der Waals surface area contributed by atoms with Crippen molar-refractivity contribution in [1.29, 1.82) is 0 Å². The van der Waals surface area contributed by atoms with Crippen LogP contribution in [0.25, 0.3) is 0 Å². The van der Waals surface area contributed by atoms with E-state index in [0.717, 1.165) is 0 Å². The van der Waals surface area contributed by atoms with Crippen LogP contribution >= 0.6 is 11.8 Å². The van der Waals surface area contributed by atoms with Crippen molar-refractivity contribution in [3.05, 3.63) is 22.1 Å². The second kappa shape index (κ2) is 8.31. The molecule has 0 aliphatic rings. The average Bonchev–Trinajstić information content (AvgIpc) is 2.33. The number of aryl methyl sites for hydroxylation is 1. The number of thioether (sulfide) groups is 1. The third-order valence-electron chi connectivity index (χ3n) is 2.23. The van der Waals surface area contributed by atoms with E-state index >= 15 is 0 Å². The molecule has 0 saturated carbocycles. The number of rotatable bonds is 8. The Kier molecular flexibility index (Phi) is 7.07. The summed E-state index contributed by atoms with van der Waals surface area (Å²) in [6.45, 7) is 4.36. The third kappa shape index (κ3) is 6.72. The van der Waals surface area contributed by atoms with Crippen LogP contribution in [0.2, 0.25) is 0 Å². The van der Waals surface area contributed by atoms with Crippen LogP contribution in [0, 0.1) is 6.92 Å². The van der Waals surface area contributed by atoms with Crippen LogP contribution in [-0.4, -0.2) is 53.4 Å². The summed E-state index contributed by atoms with van der Waals surface area (Å²) < 4.78 is 10.3. The lowest BCUT2D eigenvalue weighted by atomic mass is 10.4. The molecule has 1 heterocycles. The van der Waals surface area contributed by atoms with Crippen LogP contribution in [0.3, 0.4) is 0 Å². The average molecular weight is 288 g/mol. The lowest BCUT2D eigenvalue weighted by Gasteiger charge is -2.15. The van der Waals surface area contributed by atoms with Gasteiger partial charge in [0.05, 0.1) is 25.4 Å². The normalized spacial score (nSPS) is 14.3. The fourth-order valence-corrected chi connectivity index (χ4v) is 2.23. The van der Waals surface area contributed by atoms with Crippen molar-refractivity contribution >= 4 is 11.8 Å². The third-order valence-corrected chi connectivity index (χ3v) is 3.25. The first-order chi connectivity index (χ1) is 9.01. The van der Waals surface area contributed by atoms with E-state index < -0.39 is 6.10 Å². The molecule has 1 aromatic heterocycles. The highest BCUT2D eigenvalue weighted by atomic mass is 32.2. The van der Waals surface area contributed by atoms with Crippen molar-refractivity contribution in [1.82, 2.24) is 9.97 Å². The fraction of sp³-hybridized carbons (Fsp3) is 0.667. The number of aromatic amines is 1. The fourth-order valence-electron chi connectivity index (χ4n) is 1.40. The molecule has 0 radical (unpaired) electrons. The zero-order valence-electron chi connectivity index (χ0n) is 11.4. The van der Waals surface area contributed by atoms with Crippen LogP contribution in [0.1, 0.15) is 12.6 Å². The second-order valence-corrected chi connectivity index (χ2v) is 5.26. The van der Waals surface area contributed by atoms with Gasteiger partial charge in [-0.25, -0.2) is 4.98 Å². The zero-order valence-corrected chi connectivity index (χ0v) is 12.2. The number of ether oxygens (including phenoxy) is 2. The van der Waals surface area contributed by atoms with Gasteiger partial charge in [-0.15, -0.1) is 0 Å². The van der Waals surface area contributed by atoms with Gasteiger partial charge >= 0.3 is 0 Å². The van der Waals surface area contributed by atoms with Gasteiger partial charge in [0.1, 0.15) is 0 Å². The summed E-state index contributed by atoms with van der Waals surface area (Å²) in [6, 6.07) is 1.43. The molecule has 6 nitrogen and oxygen atoms in total. The Bertz CT molecular complexity index is 438. The van der Waals surface area contributed by atoms with E-state index in [1.807, 2.05) is 6.92 Å². The van der Waals surface area contributed by atoms with E-state index in [0.29, 0.717) is 23.2 Å². The lowest BCUT2D eigenvalue weighted by Crippen LogP contribution is -2.24. The highest BCUT2D eigenvalue weighted by Crippen LogP contribution is 2.12. The predicted molar refractivity (Wildman–Crippen MR) is 73.6 cm³/mol. The molecule has 0 aromatic carbocycles. The van der Waals surface area contributed by atoms with E-state index in [9.17, 15) is 9.90 Å². The summed E-state index contributed by atoms with van der Waals surface area (Å²) in [5.74, 6) is 0.409. The number of aromatic nitrogens is 2. The Morgan fingerprint density at radius 2 is 2.26 bits per heavy atom. The van der Waals surface area contributed by atoms with Crippen molar-refractivity contribution in [2.45, 2.75) is 31.2 Å². The summed E-state index contributed by atoms with van der Waals surface area (Å²) in [5.41, 5.74) is 0.472. The first-order valence-corrected chi connectivity index (χ1v) is 6.99. The molecule has 1 aromatic rings. The maximum atomic E-state index is 11.2. The molecular weight excluding hydrogens is 268 g/mol. The van der Waals surface area contributed by atoms with Gasteiger partial charge in [0.15, 0.2) is 5.16 Å². The minimum Gasteiger partial charge on any atom is -0.390 e. The number of methoxy groups -OCH3 is 1. The van der Waals surface area contributed by atoms with Crippen LogP contribution in [0.4, 0.5) is 0 Å². The maximum absolute atomic E-state index is 11.2. The smallest absolute Gasteiger partial charge is 0.251 e. The molecule has 7 heteroatoms. The molecule has 2 atom stereocenters. The molecule has 0 saturated heterocycles. The predicted octanol–water partition coefficient (Wildman–Crippen LogP) is 0.583. The van der Waals surface area contributed by atoms with Crippen LogP contribution in [0.5, 0.6) is 0 Å². The quantitative estimate of drug-likeness (QED) is 0.538. The highest BCUT2D eigenvalue weighted by Gasteiger charge is 2.10. The largest absolute Gasteiger partial charge is 0.390 e. The summed E-state index contributed by atoms with van der Waals surface area (Å²) in [5, 5.41) is 10.3. The standard InChI is InChI=1S/C12H20N2O4S/c1-8-4-11(16)14-12(13-8)19-7-10(15)6-18-9(2)5-17-3/h4,9-10,15H,5-7H2,1-3H3,(H,13,14,16). The molecule has 1 rings (SSSR count). The summed E-state index contributed by atoms with van der Waals surface area (Å²) in [6.07, 6.45) is -0.670. The number of hydrogen-bond donors (Lipinski definition) is 2. The van der Waals surface area contributed by atoms with E-state index in [-0.39, 0.29) is 18.3 Å². The molecule has 2 unspecified atom stereocenters. The van der Waals surface area contributed by atoms with Crippen molar-refractivity contribution in [2.75, 3.05) is 26.1 Å². The number of nitrogens with zero attached hydrogens (tertiary/aromatic N) is 1. The van der Waals surface area contributed by atoms with Crippen molar-refractivity contribution < 1.29 is 14.6 Å². The van der Waals surface area contributed by atoms with Gasteiger partial charge in [-0.1, -0.05) is 11.8 Å². The molecule has 0 amide bonds. The Labute approximate surface area is 116 Å². The van der Waals surface area contributed by atoms with E-state index in [4.69, 9.17) is 9.47 Å². The lowest BCUT2D eigenvalue weighted by molar-refractivity contribution is -0.0257. The van der Waals surface area contributed by atoms with Gasteiger partial charge in [0.25, 0.3) is 5.56 Å². The van der Waals surface area contributed by atoms with Crippen molar-refractivity contribution in [2.24, 2.45) is 0 Å². The molecule has 0 bridgehead atoms. The van der Waals surface area contributed by atoms with E-state index in [1.165, 1.54) is 17.8 Å². The Morgan fingerprint density at radius 3 is 2.89 bits per heavy atom. The van der Waals surface area contributed by atoms with Crippen LogP contribution in [-0.2, 0) is 9.47 Å². The second-order valence-electron chi connectivity index (χ2n) is 4.26. The molecule has 2 N–H and O–H groups in total. The Hall–Kier alpha value is -0.890. The number of aliphatic hydroxyl groups excluding tert-OH is 1. The summed E-state index contributed by atoms with van der Waals surface area (Å²) in [7, 11) is 1.60. The molecule has 0 aliphatic heterocycles. The SMILES string of the molecule is COCC(C)OCC(O)CSc1nc(C)cc(=O)[nH]1. The van der Waals surface area contributed by atoms with Gasteiger partial charge in [0.2, 0.25) is 0 Å². The zero-order chi connectivity index (χ0) is 14.3. The number of hydrogen-bond acceptors (Lipinski definition) is 6. The molecule has 0 spiro atoms. The van der Waals surface area contributed by atoms with Crippen molar-refractivity contribution in [3.8, 4) is 0 Å². The van der Waals surface area contributed by atoms with E-state index in [1.54, 1.807) is 14.0 Å². The number of nitrogens with one attached hydrogen (secondary N) is 1. The minimum absolute atomic E-state index is 0.0541. The van der Waals surface area contributed by atoms with Gasteiger partial charge in [0, 0.05) is 24.6 Å². The number of aliphatic hydroxyl groups is 1. The Morgan fingerprint density at radius 1 is 1.53 bits per heavy atom. The molecule has 19 heavy (non-hydrogen) atoms. The van der Waals surface area contributed by atoms with Gasteiger partial charge in [-0.05, 0) is 13.8 Å². The molecule has 108 valence electrons. The summed E-state index contributed by atoms with van der Waals surface area (Å²) in [4.78, 5) is 18.0. The topological polar surface area (TPSA) is 84.4 Å². The first kappa shape index (κ1) is 16.2. The minimum atomic E-state index is -0.616. The maximum Gasteiger partial charge on any atom is 0.251 e. The number of H-pyrrole nitrogens is 1. The van der Waals surface area contributed by atoms with Crippen LogP contribution < -0.4 is 5.56 Å². The van der Waals surface area contributed by atoms with E-state index in [2.05, 4.69) is 9.97 Å². The summed E-state index contributed by atoms with van der Waals surface area (Å²) >= 11 is 1.29. The van der Waals surface area contributed by atoms with Crippen molar-refractivity contribution in [3.63, 3.8) is 0 Å². The van der Waals surface area contributed by atoms with Gasteiger partial charge in [-0.3, -0.25) is 4.79 Å². The molecule has 0 fully saturated rings. The monoisotopic (exact) mass is 288 g/mol.